The number of aromatic nitrogens is 2. The molecule has 0 aromatic carbocycles. The summed E-state index contributed by atoms with van der Waals surface area (Å²) in [4.78, 5) is 7.10. The Bertz CT molecular complexity index is 427. The third kappa shape index (κ3) is 5.67. The van der Waals surface area contributed by atoms with E-state index in [0.29, 0.717) is 11.6 Å². The second-order valence-electron chi connectivity index (χ2n) is 5.05. The molecule has 1 heterocycles. The molecule has 0 aliphatic carbocycles. The van der Waals surface area contributed by atoms with Crippen LogP contribution in [0.3, 0.4) is 0 Å². The monoisotopic (exact) mass is 293 g/mol. The van der Waals surface area contributed by atoms with Crippen LogP contribution >= 0.6 is 11.8 Å². The Kier molecular flexibility index (Phi) is 5.06. The molecule has 0 aliphatic rings. The first-order chi connectivity index (χ1) is 8.62. The maximum absolute atomic E-state index is 12.7. The molecule has 0 spiro atoms. The van der Waals surface area contributed by atoms with Gasteiger partial charge in [-0.15, -0.1) is 11.8 Å². The molecule has 0 radical (unpaired) electrons. The average Bonchev–Trinajstić information content (AvgIpc) is 2.22. The van der Waals surface area contributed by atoms with E-state index < -0.39 is 12.0 Å². The summed E-state index contributed by atoms with van der Waals surface area (Å²) in [5, 5.41) is 3.20. The van der Waals surface area contributed by atoms with Gasteiger partial charge in [0.15, 0.2) is 0 Å². The molecule has 0 unspecified atom stereocenters. The SMILES string of the molecule is CCCNc1cc(SC(C)(C)C)nc(C(F)(F)F)n1. The van der Waals surface area contributed by atoms with Gasteiger partial charge in [0.05, 0.1) is 0 Å². The van der Waals surface area contributed by atoms with E-state index in [4.69, 9.17) is 0 Å². The lowest BCUT2D eigenvalue weighted by Crippen LogP contribution is -2.15. The van der Waals surface area contributed by atoms with Crippen molar-refractivity contribution < 1.29 is 13.2 Å². The minimum atomic E-state index is -4.53. The fraction of sp³-hybridized carbons (Fsp3) is 0.667. The standard InChI is InChI=1S/C12H18F3N3S/c1-5-6-16-8-7-9(19-11(2,3)4)18-10(17-8)12(13,14)15/h7H,5-6H2,1-4H3,(H,16,17,18). The lowest BCUT2D eigenvalue weighted by Gasteiger charge is -2.18. The van der Waals surface area contributed by atoms with Gasteiger partial charge in [0.2, 0.25) is 5.82 Å². The zero-order chi connectivity index (χ0) is 14.7. The van der Waals surface area contributed by atoms with Gasteiger partial charge in [0, 0.05) is 17.4 Å². The van der Waals surface area contributed by atoms with Crippen molar-refractivity contribution in [2.75, 3.05) is 11.9 Å². The molecule has 0 fully saturated rings. The van der Waals surface area contributed by atoms with Crippen molar-refractivity contribution in [1.29, 1.82) is 0 Å². The van der Waals surface area contributed by atoms with Crippen molar-refractivity contribution in [1.82, 2.24) is 9.97 Å². The van der Waals surface area contributed by atoms with E-state index in [-0.39, 0.29) is 10.6 Å². The van der Waals surface area contributed by atoms with Crippen LogP contribution in [0.5, 0.6) is 0 Å². The van der Waals surface area contributed by atoms with Crippen molar-refractivity contribution >= 4 is 17.6 Å². The van der Waals surface area contributed by atoms with Crippen LogP contribution in [0.15, 0.2) is 11.1 Å². The van der Waals surface area contributed by atoms with Gasteiger partial charge in [-0.25, -0.2) is 9.97 Å². The number of thioether (sulfide) groups is 1. The third-order valence-electron chi connectivity index (χ3n) is 1.92. The number of anilines is 1. The van der Waals surface area contributed by atoms with Gasteiger partial charge >= 0.3 is 6.18 Å². The first-order valence-electron chi connectivity index (χ1n) is 6.01. The van der Waals surface area contributed by atoms with E-state index in [1.807, 2.05) is 27.7 Å². The highest BCUT2D eigenvalue weighted by atomic mass is 32.2. The third-order valence-corrected chi connectivity index (χ3v) is 2.95. The summed E-state index contributed by atoms with van der Waals surface area (Å²) in [5.41, 5.74) is 0. The lowest BCUT2D eigenvalue weighted by atomic mass is 10.3. The highest BCUT2D eigenvalue weighted by Crippen LogP contribution is 2.34. The van der Waals surface area contributed by atoms with E-state index in [2.05, 4.69) is 15.3 Å². The van der Waals surface area contributed by atoms with E-state index >= 15 is 0 Å². The molecule has 108 valence electrons. The van der Waals surface area contributed by atoms with Crippen molar-refractivity contribution in [3.05, 3.63) is 11.9 Å². The molecule has 7 heteroatoms. The van der Waals surface area contributed by atoms with Crippen molar-refractivity contribution in [3.8, 4) is 0 Å². The first kappa shape index (κ1) is 16.1. The molecule has 0 saturated carbocycles. The van der Waals surface area contributed by atoms with Gasteiger partial charge in [0.1, 0.15) is 10.8 Å². The van der Waals surface area contributed by atoms with Gasteiger partial charge in [-0.2, -0.15) is 13.2 Å². The average molecular weight is 293 g/mol. The van der Waals surface area contributed by atoms with E-state index in [0.717, 1.165) is 6.42 Å². The molecular weight excluding hydrogens is 275 g/mol. The molecule has 1 aromatic rings. The second-order valence-corrected chi connectivity index (χ2v) is 6.90. The molecular formula is C12H18F3N3S. The molecule has 0 aliphatic heterocycles. The number of alkyl halides is 3. The summed E-state index contributed by atoms with van der Waals surface area (Å²) in [6.45, 7) is 8.28. The van der Waals surface area contributed by atoms with Crippen LogP contribution in [-0.2, 0) is 6.18 Å². The van der Waals surface area contributed by atoms with Crippen molar-refractivity contribution in [2.24, 2.45) is 0 Å². The predicted molar refractivity (Wildman–Crippen MR) is 71.4 cm³/mol. The number of rotatable bonds is 4. The van der Waals surface area contributed by atoms with Crippen LogP contribution in [0.2, 0.25) is 0 Å². The smallest absolute Gasteiger partial charge is 0.370 e. The quantitative estimate of drug-likeness (QED) is 0.666. The number of hydrogen-bond acceptors (Lipinski definition) is 4. The molecule has 3 nitrogen and oxygen atoms in total. The molecule has 0 saturated heterocycles. The molecule has 0 atom stereocenters. The maximum Gasteiger partial charge on any atom is 0.451 e. The summed E-state index contributed by atoms with van der Waals surface area (Å²) >= 11 is 1.29. The van der Waals surface area contributed by atoms with Crippen LogP contribution in [0.25, 0.3) is 0 Å². The van der Waals surface area contributed by atoms with Crippen LogP contribution in [0.4, 0.5) is 19.0 Å². The molecule has 19 heavy (non-hydrogen) atoms. The largest absolute Gasteiger partial charge is 0.451 e. The molecule has 1 N–H and O–H groups in total. The van der Waals surface area contributed by atoms with E-state index in [1.165, 1.54) is 11.8 Å². The van der Waals surface area contributed by atoms with E-state index in [9.17, 15) is 13.2 Å². The summed E-state index contributed by atoms with van der Waals surface area (Å²) in [6, 6.07) is 1.56. The Morgan fingerprint density at radius 2 is 1.84 bits per heavy atom. The van der Waals surface area contributed by atoms with E-state index in [1.54, 1.807) is 6.07 Å². The fourth-order valence-corrected chi connectivity index (χ4v) is 2.19. The Balaban J connectivity index is 3.09. The zero-order valence-corrected chi connectivity index (χ0v) is 12.2. The molecule has 1 rings (SSSR count). The summed E-state index contributed by atoms with van der Waals surface area (Å²) < 4.78 is 38.0. The Hall–Kier alpha value is -0.980. The highest BCUT2D eigenvalue weighted by molar-refractivity contribution is 8.00. The molecule has 0 bridgehead atoms. The zero-order valence-electron chi connectivity index (χ0n) is 11.4. The van der Waals surface area contributed by atoms with Crippen LogP contribution < -0.4 is 5.32 Å². The second kappa shape index (κ2) is 5.98. The van der Waals surface area contributed by atoms with Gasteiger partial charge in [0.25, 0.3) is 0 Å². The predicted octanol–water partition coefficient (Wildman–Crippen LogP) is 4.21. The Labute approximate surface area is 115 Å². The van der Waals surface area contributed by atoms with Gasteiger partial charge in [-0.05, 0) is 6.42 Å². The Morgan fingerprint density at radius 3 is 2.32 bits per heavy atom. The van der Waals surface area contributed by atoms with Gasteiger partial charge in [-0.3, -0.25) is 0 Å². The van der Waals surface area contributed by atoms with Gasteiger partial charge in [-0.1, -0.05) is 27.7 Å². The minimum absolute atomic E-state index is 0.209. The topological polar surface area (TPSA) is 37.8 Å². The van der Waals surface area contributed by atoms with Gasteiger partial charge < -0.3 is 5.32 Å². The van der Waals surface area contributed by atoms with Crippen LogP contribution in [0, 0.1) is 0 Å². The van der Waals surface area contributed by atoms with Crippen LogP contribution in [-0.4, -0.2) is 21.3 Å². The van der Waals surface area contributed by atoms with Crippen molar-refractivity contribution in [3.63, 3.8) is 0 Å². The first-order valence-corrected chi connectivity index (χ1v) is 6.82. The minimum Gasteiger partial charge on any atom is -0.370 e. The number of nitrogens with zero attached hydrogens (tertiary/aromatic N) is 2. The fourth-order valence-electron chi connectivity index (χ4n) is 1.26. The summed E-state index contributed by atoms with van der Waals surface area (Å²) in [5.74, 6) is -0.878. The maximum atomic E-state index is 12.7. The molecule has 0 amide bonds. The highest BCUT2D eigenvalue weighted by Gasteiger charge is 2.35. The molecule has 1 aromatic heterocycles. The van der Waals surface area contributed by atoms with Crippen LogP contribution in [0.1, 0.15) is 39.9 Å². The lowest BCUT2D eigenvalue weighted by molar-refractivity contribution is -0.145. The normalized spacial score (nSPS) is 12.6. The Morgan fingerprint density at radius 1 is 1.21 bits per heavy atom. The number of nitrogens with one attached hydrogen (secondary N) is 1. The summed E-state index contributed by atoms with van der Waals surface area (Å²) in [6.07, 6.45) is -3.72. The number of hydrogen-bond donors (Lipinski definition) is 1. The summed E-state index contributed by atoms with van der Waals surface area (Å²) in [7, 11) is 0. The number of halogens is 3. The van der Waals surface area contributed by atoms with Crippen molar-refractivity contribution in [2.45, 2.75) is 50.1 Å².